The zero-order valence-electron chi connectivity index (χ0n) is 9.80. The summed E-state index contributed by atoms with van der Waals surface area (Å²) in [7, 11) is 1.36. The van der Waals surface area contributed by atoms with E-state index in [2.05, 4.69) is 10.3 Å². The Morgan fingerprint density at radius 3 is 2.28 bits per heavy atom. The molecule has 0 fully saturated rings. The molecule has 1 aromatic heterocycles. The Kier molecular flexibility index (Phi) is 3.65. The van der Waals surface area contributed by atoms with Crippen LogP contribution in [0.5, 0.6) is 0 Å². The largest absolute Gasteiger partial charge is 0.480 e. The van der Waals surface area contributed by atoms with Gasteiger partial charge < -0.3 is 15.5 Å². The van der Waals surface area contributed by atoms with Gasteiger partial charge in [0.2, 0.25) is 5.41 Å². The fourth-order valence-electron chi connectivity index (χ4n) is 1.42. The fraction of sp³-hybridized carbons (Fsp3) is 0.273. The average molecular weight is 252 g/mol. The third kappa shape index (κ3) is 2.02. The van der Waals surface area contributed by atoms with E-state index in [1.54, 1.807) is 0 Å². The molecule has 1 heterocycles. The summed E-state index contributed by atoms with van der Waals surface area (Å²) in [6, 6.07) is 2.75. The lowest BCUT2D eigenvalue weighted by atomic mass is 9.83. The minimum absolute atomic E-state index is 0.0766. The molecule has 0 spiro atoms. The molecule has 0 aromatic carbocycles. The Morgan fingerprint density at radius 2 is 1.83 bits per heavy atom. The maximum Gasteiger partial charge on any atom is 0.327 e. The van der Waals surface area contributed by atoms with E-state index in [1.807, 2.05) is 0 Å². The first-order valence-electron chi connectivity index (χ1n) is 5.00. The molecule has 1 amide bonds. The highest BCUT2D eigenvalue weighted by Crippen LogP contribution is 2.25. The van der Waals surface area contributed by atoms with Gasteiger partial charge in [-0.25, -0.2) is 0 Å². The second-order valence-corrected chi connectivity index (χ2v) is 3.71. The van der Waals surface area contributed by atoms with Gasteiger partial charge in [-0.2, -0.15) is 0 Å². The molecule has 0 unspecified atom stereocenters. The van der Waals surface area contributed by atoms with Crippen molar-refractivity contribution in [2.75, 3.05) is 7.05 Å². The Morgan fingerprint density at radius 1 is 1.28 bits per heavy atom. The van der Waals surface area contributed by atoms with Gasteiger partial charge in [0.1, 0.15) is 0 Å². The number of carboxylic acids is 2. The molecule has 0 bridgehead atoms. The number of aliphatic carboxylic acids is 2. The molecule has 0 aliphatic heterocycles. The molecule has 1 aromatic rings. The molecule has 7 heteroatoms. The van der Waals surface area contributed by atoms with Crippen LogP contribution in [0.25, 0.3) is 0 Å². The van der Waals surface area contributed by atoms with E-state index in [1.165, 1.54) is 25.4 Å². The van der Waals surface area contributed by atoms with Crippen LogP contribution in [0.3, 0.4) is 0 Å². The van der Waals surface area contributed by atoms with Gasteiger partial charge in [-0.15, -0.1) is 0 Å². The first kappa shape index (κ1) is 13.6. The van der Waals surface area contributed by atoms with Crippen molar-refractivity contribution in [3.8, 4) is 0 Å². The molecular formula is C11H12N2O5. The van der Waals surface area contributed by atoms with E-state index in [0.717, 1.165) is 6.92 Å². The average Bonchev–Trinajstić information content (AvgIpc) is 2.36. The summed E-state index contributed by atoms with van der Waals surface area (Å²) in [5.74, 6) is -3.76. The Labute approximate surface area is 102 Å². The van der Waals surface area contributed by atoms with E-state index in [-0.39, 0.29) is 11.3 Å². The van der Waals surface area contributed by atoms with Crippen LogP contribution in [0.15, 0.2) is 18.3 Å². The standard InChI is InChI=1S/C11H12N2O5/c1-11(9(15)16,10(17)18)7-6(8(14)12-2)4-3-5-13-7/h3-5H,1-2H3,(H,12,14)(H,15,16)(H,17,18). The summed E-state index contributed by atoms with van der Waals surface area (Å²) in [5.41, 5.74) is -2.65. The first-order valence-corrected chi connectivity index (χ1v) is 5.00. The zero-order valence-corrected chi connectivity index (χ0v) is 9.80. The van der Waals surface area contributed by atoms with Crippen LogP contribution in [0.4, 0.5) is 0 Å². The number of rotatable bonds is 4. The van der Waals surface area contributed by atoms with E-state index in [9.17, 15) is 14.4 Å². The fourth-order valence-corrected chi connectivity index (χ4v) is 1.42. The summed E-state index contributed by atoms with van der Waals surface area (Å²) in [5, 5.41) is 20.5. The molecule has 3 N–H and O–H groups in total. The molecule has 0 aliphatic rings. The van der Waals surface area contributed by atoms with E-state index >= 15 is 0 Å². The minimum Gasteiger partial charge on any atom is -0.480 e. The maximum atomic E-state index is 11.6. The number of pyridine rings is 1. The lowest BCUT2D eigenvalue weighted by Gasteiger charge is -2.21. The number of carboxylic acid groups (broad SMARTS) is 2. The van der Waals surface area contributed by atoms with Crippen LogP contribution in [0.2, 0.25) is 0 Å². The van der Waals surface area contributed by atoms with Crippen molar-refractivity contribution in [3.05, 3.63) is 29.6 Å². The van der Waals surface area contributed by atoms with Crippen LogP contribution in [-0.2, 0) is 15.0 Å². The summed E-state index contributed by atoms with van der Waals surface area (Å²) in [6.45, 7) is 0.992. The molecule has 0 atom stereocenters. The SMILES string of the molecule is CNC(=O)c1cccnc1C(C)(C(=O)O)C(=O)O. The highest BCUT2D eigenvalue weighted by molar-refractivity contribution is 6.07. The quantitative estimate of drug-likeness (QED) is 0.642. The van der Waals surface area contributed by atoms with E-state index in [4.69, 9.17) is 10.2 Å². The van der Waals surface area contributed by atoms with E-state index < -0.39 is 23.3 Å². The summed E-state index contributed by atoms with van der Waals surface area (Å²) in [4.78, 5) is 37.7. The number of carbonyl (C=O) groups is 3. The van der Waals surface area contributed by atoms with Crippen LogP contribution >= 0.6 is 0 Å². The van der Waals surface area contributed by atoms with Crippen molar-refractivity contribution in [1.82, 2.24) is 10.3 Å². The van der Waals surface area contributed by atoms with Crippen LogP contribution in [-0.4, -0.2) is 40.1 Å². The molecule has 1 rings (SSSR count). The van der Waals surface area contributed by atoms with Crippen LogP contribution in [0, 0.1) is 0 Å². The van der Waals surface area contributed by atoms with Gasteiger partial charge in [-0.1, -0.05) is 0 Å². The predicted molar refractivity (Wildman–Crippen MR) is 60.3 cm³/mol. The monoisotopic (exact) mass is 252 g/mol. The predicted octanol–water partition coefficient (Wildman–Crippen LogP) is -0.132. The van der Waals surface area contributed by atoms with Crippen molar-refractivity contribution in [2.24, 2.45) is 0 Å². The number of nitrogens with zero attached hydrogens (tertiary/aromatic N) is 1. The second-order valence-electron chi connectivity index (χ2n) is 3.71. The van der Waals surface area contributed by atoms with Gasteiger partial charge >= 0.3 is 11.9 Å². The van der Waals surface area contributed by atoms with Gasteiger partial charge in [0.05, 0.1) is 11.3 Å². The van der Waals surface area contributed by atoms with Crippen molar-refractivity contribution in [2.45, 2.75) is 12.3 Å². The number of amides is 1. The van der Waals surface area contributed by atoms with Gasteiger partial charge in [-0.3, -0.25) is 19.4 Å². The van der Waals surface area contributed by atoms with Crippen LogP contribution < -0.4 is 5.32 Å². The van der Waals surface area contributed by atoms with Gasteiger partial charge in [0.25, 0.3) is 5.91 Å². The first-order chi connectivity index (χ1) is 8.35. The van der Waals surface area contributed by atoms with Crippen molar-refractivity contribution in [1.29, 1.82) is 0 Å². The van der Waals surface area contributed by atoms with Crippen LogP contribution in [0.1, 0.15) is 23.0 Å². The molecule has 0 saturated carbocycles. The Bertz CT molecular complexity index is 498. The third-order valence-electron chi connectivity index (χ3n) is 2.61. The Hall–Kier alpha value is -2.44. The zero-order chi connectivity index (χ0) is 13.9. The van der Waals surface area contributed by atoms with Crippen molar-refractivity contribution < 1.29 is 24.6 Å². The summed E-state index contributed by atoms with van der Waals surface area (Å²) in [6.07, 6.45) is 1.24. The number of aromatic nitrogens is 1. The van der Waals surface area contributed by atoms with Crippen molar-refractivity contribution in [3.63, 3.8) is 0 Å². The smallest absolute Gasteiger partial charge is 0.327 e. The molecule has 0 saturated heterocycles. The van der Waals surface area contributed by atoms with Gasteiger partial charge in [0, 0.05) is 13.2 Å². The van der Waals surface area contributed by atoms with E-state index in [0.29, 0.717) is 0 Å². The second kappa shape index (κ2) is 4.82. The highest BCUT2D eigenvalue weighted by atomic mass is 16.4. The molecule has 96 valence electrons. The topological polar surface area (TPSA) is 117 Å². The van der Waals surface area contributed by atoms with Gasteiger partial charge in [-0.05, 0) is 19.1 Å². The number of hydrogen-bond acceptors (Lipinski definition) is 4. The Balaban J connectivity index is 3.53. The lowest BCUT2D eigenvalue weighted by molar-refractivity contribution is -0.156. The summed E-state index contributed by atoms with van der Waals surface area (Å²) >= 11 is 0. The minimum atomic E-state index is -2.27. The normalized spacial score (nSPS) is 10.8. The molecule has 7 nitrogen and oxygen atoms in total. The third-order valence-corrected chi connectivity index (χ3v) is 2.61. The number of nitrogens with one attached hydrogen (secondary N) is 1. The lowest BCUT2D eigenvalue weighted by Crippen LogP contribution is -2.43. The molecular weight excluding hydrogens is 240 g/mol. The maximum absolute atomic E-state index is 11.6. The molecule has 18 heavy (non-hydrogen) atoms. The summed E-state index contributed by atoms with van der Waals surface area (Å²) < 4.78 is 0. The highest BCUT2D eigenvalue weighted by Gasteiger charge is 2.47. The van der Waals surface area contributed by atoms with Gasteiger partial charge in [0.15, 0.2) is 0 Å². The molecule has 0 aliphatic carbocycles. The van der Waals surface area contributed by atoms with Crippen molar-refractivity contribution >= 4 is 17.8 Å². The number of hydrogen-bond donors (Lipinski definition) is 3. The number of carbonyl (C=O) groups excluding carboxylic acids is 1. The molecule has 0 radical (unpaired) electrons.